The van der Waals surface area contributed by atoms with Crippen molar-refractivity contribution in [2.75, 3.05) is 0 Å². The molecular weight excluding hydrogens is 196 g/mol. The summed E-state index contributed by atoms with van der Waals surface area (Å²) in [6.07, 6.45) is 5.75. The highest BCUT2D eigenvalue weighted by Gasteiger charge is 2.15. The maximum atomic E-state index is 4.09. The molecular formula is C14H18N2. The Labute approximate surface area is 97.0 Å². The minimum absolute atomic E-state index is 0.551. The van der Waals surface area contributed by atoms with Gasteiger partial charge in [-0.3, -0.25) is 0 Å². The third-order valence-electron chi connectivity index (χ3n) is 3.00. The van der Waals surface area contributed by atoms with E-state index in [0.29, 0.717) is 11.8 Å². The predicted molar refractivity (Wildman–Crippen MR) is 66.2 cm³/mol. The largest absolute Gasteiger partial charge is 0.337 e. The molecule has 2 nitrogen and oxygen atoms in total. The number of nitrogens with zero attached hydrogens (tertiary/aromatic N) is 2. The Bertz CT molecular complexity index is 404. The normalized spacial score (nSPS) is 12.9. The smallest absolute Gasteiger partial charge is 0.0946 e. The van der Waals surface area contributed by atoms with Crippen LogP contribution in [0.2, 0.25) is 0 Å². The molecule has 2 heteroatoms. The zero-order valence-electron chi connectivity index (χ0n) is 9.88. The third-order valence-corrected chi connectivity index (χ3v) is 3.00. The number of benzene rings is 1. The SMILES string of the molecule is CC(C)C(Cn1ccnc1)c1ccccc1. The van der Waals surface area contributed by atoms with E-state index in [4.69, 9.17) is 0 Å². The number of aromatic nitrogens is 2. The van der Waals surface area contributed by atoms with Crippen LogP contribution in [0.15, 0.2) is 49.1 Å². The Morgan fingerprint density at radius 2 is 1.94 bits per heavy atom. The first kappa shape index (κ1) is 10.9. The molecule has 0 saturated heterocycles. The molecule has 0 aliphatic heterocycles. The minimum Gasteiger partial charge on any atom is -0.337 e. The van der Waals surface area contributed by atoms with Crippen LogP contribution in [-0.4, -0.2) is 9.55 Å². The molecule has 84 valence electrons. The van der Waals surface area contributed by atoms with Crippen LogP contribution in [0, 0.1) is 5.92 Å². The van der Waals surface area contributed by atoms with Crippen LogP contribution >= 0.6 is 0 Å². The summed E-state index contributed by atoms with van der Waals surface area (Å²) >= 11 is 0. The van der Waals surface area contributed by atoms with Crippen molar-refractivity contribution in [2.45, 2.75) is 26.3 Å². The highest BCUT2D eigenvalue weighted by molar-refractivity contribution is 5.20. The molecule has 1 atom stereocenters. The molecule has 0 bridgehead atoms. The second-order valence-electron chi connectivity index (χ2n) is 4.52. The molecule has 0 N–H and O–H groups in total. The van der Waals surface area contributed by atoms with Gasteiger partial charge in [-0.15, -0.1) is 0 Å². The summed E-state index contributed by atoms with van der Waals surface area (Å²) in [5.41, 5.74) is 1.41. The van der Waals surface area contributed by atoms with Gasteiger partial charge in [-0.05, 0) is 11.5 Å². The molecule has 0 radical (unpaired) electrons. The Morgan fingerprint density at radius 1 is 1.19 bits per heavy atom. The van der Waals surface area contributed by atoms with Gasteiger partial charge >= 0.3 is 0 Å². The van der Waals surface area contributed by atoms with E-state index in [9.17, 15) is 0 Å². The topological polar surface area (TPSA) is 17.8 Å². The lowest BCUT2D eigenvalue weighted by atomic mass is 9.88. The molecule has 0 fully saturated rings. The number of hydrogen-bond donors (Lipinski definition) is 0. The third kappa shape index (κ3) is 2.51. The summed E-state index contributed by atoms with van der Waals surface area (Å²) in [5, 5.41) is 0. The Kier molecular flexibility index (Phi) is 3.40. The van der Waals surface area contributed by atoms with E-state index in [1.54, 1.807) is 0 Å². The van der Waals surface area contributed by atoms with Crippen LogP contribution in [0.5, 0.6) is 0 Å². The molecule has 0 saturated carbocycles. The van der Waals surface area contributed by atoms with Crippen LogP contribution in [0.25, 0.3) is 0 Å². The van der Waals surface area contributed by atoms with E-state index in [2.05, 4.69) is 53.7 Å². The molecule has 0 spiro atoms. The van der Waals surface area contributed by atoms with E-state index in [1.807, 2.05) is 18.7 Å². The average molecular weight is 214 g/mol. The van der Waals surface area contributed by atoms with Crippen molar-refractivity contribution < 1.29 is 0 Å². The lowest BCUT2D eigenvalue weighted by Crippen LogP contribution is -2.13. The average Bonchev–Trinajstić information content (AvgIpc) is 2.79. The van der Waals surface area contributed by atoms with Crippen LogP contribution in [-0.2, 0) is 6.54 Å². The molecule has 0 aliphatic carbocycles. The van der Waals surface area contributed by atoms with Crippen molar-refractivity contribution in [1.82, 2.24) is 9.55 Å². The van der Waals surface area contributed by atoms with Crippen LogP contribution in [0.3, 0.4) is 0 Å². The van der Waals surface area contributed by atoms with Gasteiger partial charge in [0.1, 0.15) is 0 Å². The van der Waals surface area contributed by atoms with Crippen molar-refractivity contribution in [1.29, 1.82) is 0 Å². The molecule has 1 unspecified atom stereocenters. The first-order valence-electron chi connectivity index (χ1n) is 5.78. The quantitative estimate of drug-likeness (QED) is 0.763. The lowest BCUT2D eigenvalue weighted by molar-refractivity contribution is 0.436. The van der Waals surface area contributed by atoms with Gasteiger partial charge in [0.05, 0.1) is 6.33 Å². The van der Waals surface area contributed by atoms with Crippen molar-refractivity contribution >= 4 is 0 Å². The summed E-state index contributed by atoms with van der Waals surface area (Å²) in [5.74, 6) is 1.18. The Balaban J connectivity index is 2.18. The number of rotatable bonds is 4. The van der Waals surface area contributed by atoms with Gasteiger partial charge in [0.25, 0.3) is 0 Å². The van der Waals surface area contributed by atoms with Gasteiger partial charge in [0.2, 0.25) is 0 Å². The Morgan fingerprint density at radius 3 is 2.50 bits per heavy atom. The Hall–Kier alpha value is -1.57. The first-order chi connectivity index (χ1) is 7.77. The molecule has 2 rings (SSSR count). The maximum absolute atomic E-state index is 4.09. The van der Waals surface area contributed by atoms with Gasteiger partial charge in [-0.25, -0.2) is 4.98 Å². The minimum atomic E-state index is 0.551. The zero-order chi connectivity index (χ0) is 11.4. The fraction of sp³-hybridized carbons (Fsp3) is 0.357. The summed E-state index contributed by atoms with van der Waals surface area (Å²) in [6.45, 7) is 5.55. The molecule has 1 aromatic carbocycles. The fourth-order valence-electron chi connectivity index (χ4n) is 2.02. The summed E-state index contributed by atoms with van der Waals surface area (Å²) in [7, 11) is 0. The fourth-order valence-corrected chi connectivity index (χ4v) is 2.02. The zero-order valence-corrected chi connectivity index (χ0v) is 9.88. The van der Waals surface area contributed by atoms with Gasteiger partial charge in [-0.2, -0.15) is 0 Å². The number of imidazole rings is 1. The molecule has 0 aliphatic rings. The van der Waals surface area contributed by atoms with Crippen molar-refractivity contribution in [3.8, 4) is 0 Å². The molecule has 2 aromatic rings. The number of hydrogen-bond acceptors (Lipinski definition) is 1. The van der Waals surface area contributed by atoms with E-state index in [1.165, 1.54) is 5.56 Å². The molecule has 1 aromatic heterocycles. The van der Waals surface area contributed by atoms with Gasteiger partial charge in [0, 0.05) is 24.9 Å². The maximum Gasteiger partial charge on any atom is 0.0946 e. The highest BCUT2D eigenvalue weighted by Crippen LogP contribution is 2.25. The van der Waals surface area contributed by atoms with E-state index < -0.39 is 0 Å². The second-order valence-corrected chi connectivity index (χ2v) is 4.52. The van der Waals surface area contributed by atoms with Crippen molar-refractivity contribution in [2.24, 2.45) is 5.92 Å². The van der Waals surface area contributed by atoms with E-state index in [0.717, 1.165) is 6.54 Å². The van der Waals surface area contributed by atoms with E-state index >= 15 is 0 Å². The van der Waals surface area contributed by atoms with Crippen LogP contribution < -0.4 is 0 Å². The summed E-state index contributed by atoms with van der Waals surface area (Å²) in [6, 6.07) is 10.7. The van der Waals surface area contributed by atoms with Crippen molar-refractivity contribution in [3.63, 3.8) is 0 Å². The lowest BCUT2D eigenvalue weighted by Gasteiger charge is -2.21. The van der Waals surface area contributed by atoms with Crippen molar-refractivity contribution in [3.05, 3.63) is 54.6 Å². The molecule has 1 heterocycles. The van der Waals surface area contributed by atoms with Crippen LogP contribution in [0.4, 0.5) is 0 Å². The van der Waals surface area contributed by atoms with Gasteiger partial charge in [0.15, 0.2) is 0 Å². The first-order valence-corrected chi connectivity index (χ1v) is 5.78. The summed E-state index contributed by atoms with van der Waals surface area (Å²) < 4.78 is 2.15. The van der Waals surface area contributed by atoms with Gasteiger partial charge in [-0.1, -0.05) is 44.2 Å². The molecule has 0 amide bonds. The predicted octanol–water partition coefficient (Wildman–Crippen LogP) is 3.32. The monoisotopic (exact) mass is 214 g/mol. The second kappa shape index (κ2) is 4.97. The summed E-state index contributed by atoms with van der Waals surface area (Å²) in [4.78, 5) is 4.09. The highest BCUT2D eigenvalue weighted by atomic mass is 15.0. The molecule has 16 heavy (non-hydrogen) atoms. The van der Waals surface area contributed by atoms with Gasteiger partial charge < -0.3 is 4.57 Å². The van der Waals surface area contributed by atoms with E-state index in [-0.39, 0.29) is 0 Å². The van der Waals surface area contributed by atoms with Crippen LogP contribution in [0.1, 0.15) is 25.3 Å². The standard InChI is InChI=1S/C14H18N2/c1-12(2)14(10-16-9-8-15-11-16)13-6-4-3-5-7-13/h3-9,11-12,14H,10H2,1-2H3.